The highest BCUT2D eigenvalue weighted by Crippen LogP contribution is 2.35. The highest BCUT2D eigenvalue weighted by molar-refractivity contribution is 7.98. The van der Waals surface area contributed by atoms with E-state index >= 15 is 0 Å². The maximum absolute atomic E-state index is 14.6. The summed E-state index contributed by atoms with van der Waals surface area (Å²) in [5.41, 5.74) is 2.83. The number of fused-ring (bicyclic) bond motifs is 7. The molecule has 300 valence electrons. The van der Waals surface area contributed by atoms with E-state index in [1.54, 1.807) is 44.5 Å². The first-order chi connectivity index (χ1) is 26.8. The lowest BCUT2D eigenvalue weighted by Crippen LogP contribution is -2.54. The molecule has 0 spiro atoms. The molecule has 2 saturated heterocycles. The molecular formula is C40H51N7O6S3. The van der Waals surface area contributed by atoms with E-state index in [0.717, 1.165) is 17.6 Å². The number of carbonyl (C=O) groups is 5. The van der Waals surface area contributed by atoms with Crippen molar-refractivity contribution in [3.8, 4) is 5.75 Å². The molecule has 3 aliphatic heterocycles. The summed E-state index contributed by atoms with van der Waals surface area (Å²) in [6, 6.07) is 1.66. The first-order valence-corrected chi connectivity index (χ1v) is 22.4. The second-order valence-electron chi connectivity index (χ2n) is 15.2. The van der Waals surface area contributed by atoms with Crippen molar-refractivity contribution in [3.63, 3.8) is 0 Å². The van der Waals surface area contributed by atoms with Gasteiger partial charge >= 0.3 is 0 Å². The van der Waals surface area contributed by atoms with Crippen LogP contribution in [0.1, 0.15) is 114 Å². The van der Waals surface area contributed by atoms with Gasteiger partial charge in [-0.15, -0.1) is 22.7 Å². The van der Waals surface area contributed by atoms with E-state index in [4.69, 9.17) is 4.98 Å². The van der Waals surface area contributed by atoms with Gasteiger partial charge in [0.1, 0.15) is 45.3 Å². The zero-order chi connectivity index (χ0) is 40.1. The number of amides is 5. The second kappa shape index (κ2) is 18.3. The number of benzene rings is 1. The van der Waals surface area contributed by atoms with Crippen molar-refractivity contribution in [1.29, 1.82) is 0 Å². The number of thioether (sulfide) groups is 1. The van der Waals surface area contributed by atoms with E-state index in [1.807, 2.05) is 46.1 Å². The summed E-state index contributed by atoms with van der Waals surface area (Å²) < 4.78 is 0. The van der Waals surface area contributed by atoms with Crippen LogP contribution in [0.25, 0.3) is 0 Å². The second-order valence-corrected chi connectivity index (χ2v) is 18.0. The highest BCUT2D eigenvalue weighted by Gasteiger charge is 2.41. The van der Waals surface area contributed by atoms with E-state index in [-0.39, 0.29) is 47.3 Å². The van der Waals surface area contributed by atoms with Crippen molar-refractivity contribution in [2.24, 2.45) is 5.92 Å². The molecule has 3 aromatic rings. The third-order valence-electron chi connectivity index (χ3n) is 10.5. The molecule has 1 aromatic carbocycles. The molecule has 5 heterocycles. The van der Waals surface area contributed by atoms with Crippen molar-refractivity contribution in [3.05, 3.63) is 73.1 Å². The number of aromatic hydroxyl groups is 1. The van der Waals surface area contributed by atoms with Gasteiger partial charge in [-0.2, -0.15) is 11.8 Å². The van der Waals surface area contributed by atoms with Crippen LogP contribution in [-0.2, 0) is 27.2 Å². The molecule has 0 unspecified atom stereocenters. The number of carbonyl (C=O) groups excluding carboxylic acids is 5. The fraction of sp³-hybridized carbons (Fsp3) is 0.525. The van der Waals surface area contributed by atoms with Crippen LogP contribution in [0.2, 0.25) is 0 Å². The maximum Gasteiger partial charge on any atom is 0.271 e. The molecule has 56 heavy (non-hydrogen) atoms. The Balaban J connectivity index is 1.38. The van der Waals surface area contributed by atoms with Gasteiger partial charge in [0.05, 0.1) is 12.1 Å². The van der Waals surface area contributed by atoms with Crippen molar-refractivity contribution in [2.75, 3.05) is 25.1 Å². The lowest BCUT2D eigenvalue weighted by Gasteiger charge is -2.30. The van der Waals surface area contributed by atoms with Crippen LogP contribution in [0.15, 0.2) is 40.6 Å². The minimum absolute atomic E-state index is 0.0962. The molecule has 3 aliphatic rings. The van der Waals surface area contributed by atoms with E-state index in [0.29, 0.717) is 66.5 Å². The Morgan fingerprint density at radius 1 is 0.893 bits per heavy atom. The molecule has 5 atom stereocenters. The average Bonchev–Trinajstić information content (AvgIpc) is 4.01. The molecule has 0 aliphatic carbocycles. The van der Waals surface area contributed by atoms with Gasteiger partial charge in [-0.05, 0) is 87.5 Å². The molecule has 0 saturated carbocycles. The van der Waals surface area contributed by atoms with Crippen molar-refractivity contribution in [1.82, 2.24) is 35.7 Å². The van der Waals surface area contributed by atoms with E-state index < -0.39 is 41.9 Å². The fourth-order valence-electron chi connectivity index (χ4n) is 7.47. The van der Waals surface area contributed by atoms with Crippen LogP contribution in [0.3, 0.4) is 0 Å². The molecular weight excluding hydrogens is 771 g/mol. The van der Waals surface area contributed by atoms with Gasteiger partial charge in [0.2, 0.25) is 17.7 Å². The Bertz CT molecular complexity index is 1970. The van der Waals surface area contributed by atoms with E-state index in [9.17, 15) is 29.1 Å². The molecule has 5 amide bonds. The number of phenolic OH excluding ortho intramolecular Hbond substituents is 1. The number of nitrogens with zero attached hydrogens (tertiary/aromatic N) is 4. The zero-order valence-electron chi connectivity index (χ0n) is 32.5. The highest BCUT2D eigenvalue weighted by atomic mass is 32.2. The van der Waals surface area contributed by atoms with Crippen LogP contribution in [-0.4, -0.2) is 97.6 Å². The van der Waals surface area contributed by atoms with Gasteiger partial charge in [-0.3, -0.25) is 24.0 Å². The van der Waals surface area contributed by atoms with Gasteiger partial charge in [-0.1, -0.05) is 37.6 Å². The Hall–Kier alpha value is -4.28. The summed E-state index contributed by atoms with van der Waals surface area (Å²) in [6.45, 7) is 8.69. The molecule has 4 bridgehead atoms. The molecule has 6 rings (SSSR count). The van der Waals surface area contributed by atoms with Gasteiger partial charge in [0, 0.05) is 30.3 Å². The largest absolute Gasteiger partial charge is 0.508 e. The van der Waals surface area contributed by atoms with Crippen molar-refractivity contribution < 1.29 is 29.1 Å². The standard InChI is InChI=1S/C40H51N7O6S3/c1-22(2)10-12-25-18-24(11-13-32(25)48)19-27-40(53)46-15-6-8-30(46)36(51)45-33(23(3)4)38-44-29(21-56-38)34(49)41-26(14-17-54-5)39(52)47-16-7-9-31(47)37-43-28(20-55-37)35(50)42-27/h10-11,13,18,20-21,23,26-27,30-31,33,48H,6-9,12,14-17,19H2,1-5H3,(H,41,49)(H,42,50)(H,45,51)/t26-,27-,30-,31-,33-/m0/s1. The Kier molecular flexibility index (Phi) is 13.5. The molecule has 4 N–H and O–H groups in total. The number of hydrogen-bond acceptors (Lipinski definition) is 11. The first-order valence-electron chi connectivity index (χ1n) is 19.2. The summed E-state index contributed by atoms with van der Waals surface area (Å²) in [7, 11) is 0. The number of nitrogens with one attached hydrogen (secondary N) is 3. The zero-order valence-corrected chi connectivity index (χ0v) is 35.0. The smallest absolute Gasteiger partial charge is 0.271 e. The molecule has 16 heteroatoms. The van der Waals surface area contributed by atoms with Gasteiger partial charge in [0.15, 0.2) is 0 Å². The molecule has 0 radical (unpaired) electrons. The monoisotopic (exact) mass is 821 g/mol. The van der Waals surface area contributed by atoms with Crippen molar-refractivity contribution in [2.45, 2.75) is 103 Å². The normalized spacial score (nSPS) is 23.6. The minimum atomic E-state index is -1.04. The summed E-state index contributed by atoms with van der Waals surface area (Å²) in [5, 5.41) is 24.1. The van der Waals surface area contributed by atoms with Crippen LogP contribution >= 0.6 is 34.4 Å². The maximum atomic E-state index is 14.6. The SMILES string of the molecule is CSCC[C@@H]1NC(=O)c2csc(n2)[C@H](C(C)C)NC(=O)[C@@H]2CCCN2C(=O)[C@H](Cc2ccc(O)c(CC=C(C)C)c2)NC(=O)c2csc(n2)[C@@H]2CCCN2C1=O. The first kappa shape index (κ1) is 41.4. The number of rotatable bonds is 8. The average molecular weight is 822 g/mol. The van der Waals surface area contributed by atoms with E-state index in [1.165, 1.54) is 22.7 Å². The third kappa shape index (κ3) is 9.46. The third-order valence-corrected chi connectivity index (χ3v) is 13.0. The summed E-state index contributed by atoms with van der Waals surface area (Å²) >= 11 is 4.13. The number of thiazole rings is 2. The Morgan fingerprint density at radius 3 is 2.16 bits per heavy atom. The Morgan fingerprint density at radius 2 is 1.50 bits per heavy atom. The predicted octanol–water partition coefficient (Wildman–Crippen LogP) is 5.19. The Labute approximate surface area is 340 Å². The quantitative estimate of drug-likeness (QED) is 0.223. The lowest BCUT2D eigenvalue weighted by atomic mass is 9.99. The number of phenols is 1. The number of hydrogen-bond donors (Lipinski definition) is 4. The van der Waals surface area contributed by atoms with Crippen LogP contribution in [0.4, 0.5) is 0 Å². The summed E-state index contributed by atoms with van der Waals surface area (Å²) in [5.74, 6) is -1.26. The van der Waals surface area contributed by atoms with Gasteiger partial charge in [0.25, 0.3) is 11.8 Å². The topological polar surface area (TPSA) is 174 Å². The fourth-order valence-corrected chi connectivity index (χ4v) is 9.91. The summed E-state index contributed by atoms with van der Waals surface area (Å²) in [4.78, 5) is 83.1. The number of allylic oxidation sites excluding steroid dienone is 2. The lowest BCUT2D eigenvalue weighted by molar-refractivity contribution is -0.140. The van der Waals surface area contributed by atoms with Gasteiger partial charge in [-0.25, -0.2) is 9.97 Å². The number of aromatic nitrogens is 2. The summed E-state index contributed by atoms with van der Waals surface area (Å²) in [6.07, 6.45) is 7.46. The van der Waals surface area contributed by atoms with E-state index in [2.05, 4.69) is 20.9 Å². The van der Waals surface area contributed by atoms with Crippen LogP contribution in [0, 0.1) is 5.92 Å². The molecule has 2 aromatic heterocycles. The predicted molar refractivity (Wildman–Crippen MR) is 219 cm³/mol. The minimum Gasteiger partial charge on any atom is -0.508 e. The van der Waals surface area contributed by atoms with Crippen LogP contribution < -0.4 is 16.0 Å². The molecule has 13 nitrogen and oxygen atoms in total. The molecule has 2 fully saturated rings. The van der Waals surface area contributed by atoms with Gasteiger partial charge < -0.3 is 30.9 Å². The van der Waals surface area contributed by atoms with Crippen LogP contribution in [0.5, 0.6) is 5.75 Å². The van der Waals surface area contributed by atoms with Crippen molar-refractivity contribution >= 4 is 64.0 Å².